The van der Waals surface area contributed by atoms with Crippen LogP contribution in [0.5, 0.6) is 11.6 Å². The minimum absolute atomic E-state index is 0.335. The van der Waals surface area contributed by atoms with E-state index in [0.717, 1.165) is 0 Å². The number of halogens is 1. The van der Waals surface area contributed by atoms with Crippen LogP contribution in [0.2, 0.25) is 0 Å². The van der Waals surface area contributed by atoms with Crippen molar-refractivity contribution in [1.29, 1.82) is 0 Å². The van der Waals surface area contributed by atoms with Crippen LogP contribution < -0.4 is 4.74 Å². The molecule has 0 radical (unpaired) electrons. The van der Waals surface area contributed by atoms with Gasteiger partial charge in [-0.15, -0.1) is 0 Å². The Morgan fingerprint density at radius 2 is 2.13 bits per heavy atom. The fourth-order valence-corrected chi connectivity index (χ4v) is 1.14. The van der Waals surface area contributed by atoms with Gasteiger partial charge in [0.05, 0.1) is 0 Å². The highest BCUT2D eigenvalue weighted by atomic mass is 19.1. The van der Waals surface area contributed by atoms with Crippen LogP contribution in [-0.4, -0.2) is 9.97 Å². The van der Waals surface area contributed by atoms with Gasteiger partial charge < -0.3 is 4.74 Å². The molecule has 0 N–H and O–H groups in total. The molecule has 2 aromatic rings. The Morgan fingerprint density at radius 3 is 2.87 bits per heavy atom. The van der Waals surface area contributed by atoms with Gasteiger partial charge in [-0.3, -0.25) is 0 Å². The van der Waals surface area contributed by atoms with Crippen LogP contribution in [0.15, 0.2) is 36.5 Å². The molecule has 0 bridgehead atoms. The average Bonchev–Trinajstić information content (AvgIpc) is 2.17. The summed E-state index contributed by atoms with van der Waals surface area (Å²) in [5.41, 5.74) is 0. The number of hydrogen-bond donors (Lipinski definition) is 0. The van der Waals surface area contributed by atoms with Gasteiger partial charge >= 0.3 is 0 Å². The largest absolute Gasteiger partial charge is 0.439 e. The molecule has 0 fully saturated rings. The molecule has 4 heteroatoms. The van der Waals surface area contributed by atoms with Crippen molar-refractivity contribution in [2.45, 2.75) is 6.92 Å². The summed E-state index contributed by atoms with van der Waals surface area (Å²) in [6.45, 7) is 1.76. The van der Waals surface area contributed by atoms with E-state index in [4.69, 9.17) is 4.74 Å². The Hall–Kier alpha value is -1.97. The number of nitrogens with zero attached hydrogens (tertiary/aromatic N) is 2. The lowest BCUT2D eigenvalue weighted by atomic mass is 10.3. The Labute approximate surface area is 86.6 Å². The second-order valence-corrected chi connectivity index (χ2v) is 3.00. The SMILES string of the molecule is Cc1nccc(Oc2cccc(F)c2)n1. The highest BCUT2D eigenvalue weighted by molar-refractivity contribution is 5.26. The van der Waals surface area contributed by atoms with E-state index >= 15 is 0 Å². The Kier molecular flexibility index (Phi) is 2.58. The predicted molar refractivity (Wildman–Crippen MR) is 53.2 cm³/mol. The number of rotatable bonds is 2. The van der Waals surface area contributed by atoms with Crippen LogP contribution in [0.3, 0.4) is 0 Å². The molecule has 0 saturated heterocycles. The molecule has 1 aromatic carbocycles. The number of aromatic nitrogens is 2. The first-order valence-electron chi connectivity index (χ1n) is 4.47. The average molecular weight is 204 g/mol. The van der Waals surface area contributed by atoms with Crippen molar-refractivity contribution in [3.63, 3.8) is 0 Å². The van der Waals surface area contributed by atoms with E-state index in [9.17, 15) is 4.39 Å². The first kappa shape index (κ1) is 9.58. The number of hydrogen-bond acceptors (Lipinski definition) is 3. The highest BCUT2D eigenvalue weighted by Gasteiger charge is 2.00. The topological polar surface area (TPSA) is 35.0 Å². The second-order valence-electron chi connectivity index (χ2n) is 3.00. The normalized spacial score (nSPS) is 10.0. The molecule has 0 aliphatic rings. The zero-order chi connectivity index (χ0) is 10.7. The van der Waals surface area contributed by atoms with Crippen molar-refractivity contribution in [1.82, 2.24) is 9.97 Å². The van der Waals surface area contributed by atoms with Gasteiger partial charge in [0.2, 0.25) is 5.88 Å². The lowest BCUT2D eigenvalue weighted by molar-refractivity contribution is 0.455. The first-order valence-corrected chi connectivity index (χ1v) is 4.47. The van der Waals surface area contributed by atoms with Crippen molar-refractivity contribution in [3.8, 4) is 11.6 Å². The minimum atomic E-state index is -0.335. The van der Waals surface area contributed by atoms with Crippen molar-refractivity contribution in [2.24, 2.45) is 0 Å². The summed E-state index contributed by atoms with van der Waals surface area (Å²) in [4.78, 5) is 7.98. The van der Waals surface area contributed by atoms with E-state index in [2.05, 4.69) is 9.97 Å². The molecular formula is C11H9FN2O. The molecule has 3 nitrogen and oxygen atoms in total. The van der Waals surface area contributed by atoms with Gasteiger partial charge in [-0.25, -0.2) is 9.37 Å². The van der Waals surface area contributed by atoms with Crippen LogP contribution in [0.4, 0.5) is 4.39 Å². The smallest absolute Gasteiger partial charge is 0.222 e. The fraction of sp³-hybridized carbons (Fsp3) is 0.0909. The van der Waals surface area contributed by atoms with Crippen LogP contribution >= 0.6 is 0 Å². The lowest BCUT2D eigenvalue weighted by Gasteiger charge is -2.04. The van der Waals surface area contributed by atoms with Gasteiger partial charge in [0.15, 0.2) is 0 Å². The van der Waals surface area contributed by atoms with Crippen LogP contribution in [-0.2, 0) is 0 Å². The van der Waals surface area contributed by atoms with Crippen molar-refractivity contribution in [2.75, 3.05) is 0 Å². The van der Waals surface area contributed by atoms with E-state index in [1.54, 1.807) is 31.3 Å². The Balaban J connectivity index is 2.22. The zero-order valence-electron chi connectivity index (χ0n) is 8.14. The maximum Gasteiger partial charge on any atom is 0.222 e. The van der Waals surface area contributed by atoms with Crippen LogP contribution in [0, 0.1) is 12.7 Å². The quantitative estimate of drug-likeness (QED) is 0.754. The fourth-order valence-electron chi connectivity index (χ4n) is 1.14. The van der Waals surface area contributed by atoms with E-state index < -0.39 is 0 Å². The molecule has 76 valence electrons. The summed E-state index contributed by atoms with van der Waals surface area (Å²) in [5, 5.41) is 0. The molecular weight excluding hydrogens is 195 g/mol. The summed E-state index contributed by atoms with van der Waals surface area (Å²) in [6, 6.07) is 7.53. The zero-order valence-corrected chi connectivity index (χ0v) is 8.14. The summed E-state index contributed by atoms with van der Waals surface area (Å²) in [5.74, 6) is 1.11. The third kappa shape index (κ3) is 2.49. The second kappa shape index (κ2) is 4.04. The summed E-state index contributed by atoms with van der Waals surface area (Å²) < 4.78 is 18.2. The maximum atomic E-state index is 12.8. The summed E-state index contributed by atoms with van der Waals surface area (Å²) >= 11 is 0. The predicted octanol–water partition coefficient (Wildman–Crippen LogP) is 2.72. The maximum absolute atomic E-state index is 12.8. The standard InChI is InChI=1S/C11H9FN2O/c1-8-13-6-5-11(14-8)15-10-4-2-3-9(12)7-10/h2-7H,1H3. The summed E-state index contributed by atoms with van der Waals surface area (Å²) in [6.07, 6.45) is 1.59. The monoisotopic (exact) mass is 204 g/mol. The van der Waals surface area contributed by atoms with Crippen LogP contribution in [0.25, 0.3) is 0 Å². The molecule has 0 spiro atoms. The molecule has 0 unspecified atom stereocenters. The molecule has 1 aromatic heterocycles. The third-order valence-corrected chi connectivity index (χ3v) is 1.77. The van der Waals surface area contributed by atoms with Crippen molar-refractivity contribution >= 4 is 0 Å². The minimum Gasteiger partial charge on any atom is -0.439 e. The van der Waals surface area contributed by atoms with E-state index in [1.165, 1.54) is 12.1 Å². The van der Waals surface area contributed by atoms with Gasteiger partial charge in [0.1, 0.15) is 17.4 Å². The molecule has 0 aliphatic carbocycles. The van der Waals surface area contributed by atoms with Crippen LogP contribution in [0.1, 0.15) is 5.82 Å². The number of ether oxygens (including phenoxy) is 1. The Bertz CT molecular complexity index is 430. The van der Waals surface area contributed by atoms with Gasteiger partial charge in [-0.1, -0.05) is 6.07 Å². The molecule has 1 heterocycles. The molecule has 0 saturated carbocycles. The Morgan fingerprint density at radius 1 is 1.27 bits per heavy atom. The van der Waals surface area contributed by atoms with Crippen molar-refractivity contribution < 1.29 is 9.13 Å². The highest BCUT2D eigenvalue weighted by Crippen LogP contribution is 2.19. The molecule has 0 aliphatic heterocycles. The third-order valence-electron chi connectivity index (χ3n) is 1.77. The van der Waals surface area contributed by atoms with E-state index in [-0.39, 0.29) is 5.82 Å². The van der Waals surface area contributed by atoms with E-state index in [0.29, 0.717) is 17.5 Å². The van der Waals surface area contributed by atoms with Crippen molar-refractivity contribution in [3.05, 3.63) is 48.2 Å². The first-order chi connectivity index (χ1) is 7.24. The lowest BCUT2D eigenvalue weighted by Crippen LogP contribution is -1.91. The molecule has 15 heavy (non-hydrogen) atoms. The molecule has 0 atom stereocenters. The molecule has 0 amide bonds. The number of aryl methyl sites for hydroxylation is 1. The summed E-state index contributed by atoms with van der Waals surface area (Å²) in [7, 11) is 0. The van der Waals surface area contributed by atoms with E-state index in [1.807, 2.05) is 0 Å². The van der Waals surface area contributed by atoms with Gasteiger partial charge in [-0.2, -0.15) is 4.98 Å². The molecule has 2 rings (SSSR count). The van der Waals surface area contributed by atoms with Gasteiger partial charge in [0.25, 0.3) is 0 Å². The van der Waals surface area contributed by atoms with Gasteiger partial charge in [-0.05, 0) is 19.1 Å². The number of benzene rings is 1. The van der Waals surface area contributed by atoms with Gasteiger partial charge in [0, 0.05) is 18.3 Å².